The monoisotopic (exact) mass is 491 g/mol. The van der Waals surface area contributed by atoms with Crippen LogP contribution in [0.2, 0.25) is 0 Å². The molecule has 3 aromatic carbocycles. The summed E-state index contributed by atoms with van der Waals surface area (Å²) in [5.74, 6) is -2.84. The molecular formula is C29H33NO6. The molecular weight excluding hydrogens is 458 g/mol. The Morgan fingerprint density at radius 3 is 2.19 bits per heavy atom. The van der Waals surface area contributed by atoms with Crippen molar-refractivity contribution in [3.05, 3.63) is 107 Å². The SMILES string of the molecule is CC1(C)OC[C@H](COC(=O)c2ccccc2C(=O)[O-])O1.Cc1ccc(C[C@H]([NH3+])c2ccccc2)cc1. The standard InChI is InChI=1S/C15H17N.C14H16O6/c1-12-7-9-13(10-8-12)11-15(16)14-5-3-2-4-6-14;1-14(2)19-8-9(20-14)7-18-13(17)11-6-4-3-5-10(11)12(15)16/h2-10,15H,11,16H2,1H3;3-6,9H,7-8H2,1-2H3,(H,15,16)/t15-;9-/m00/s1. The number of carboxylic acid groups (broad SMARTS) is 1. The Bertz CT molecular complexity index is 1140. The van der Waals surface area contributed by atoms with Gasteiger partial charge in [-0.25, -0.2) is 4.79 Å². The van der Waals surface area contributed by atoms with E-state index >= 15 is 0 Å². The molecule has 190 valence electrons. The normalized spacial score (nSPS) is 16.9. The number of hydrogen-bond donors (Lipinski definition) is 1. The lowest BCUT2D eigenvalue weighted by Gasteiger charge is -2.17. The van der Waals surface area contributed by atoms with Crippen LogP contribution in [0.1, 0.15) is 57.3 Å². The van der Waals surface area contributed by atoms with E-state index < -0.39 is 17.7 Å². The predicted molar refractivity (Wildman–Crippen MR) is 133 cm³/mol. The smallest absolute Gasteiger partial charge is 0.338 e. The number of quaternary nitrogens is 1. The lowest BCUT2D eigenvalue weighted by Crippen LogP contribution is -2.54. The van der Waals surface area contributed by atoms with E-state index in [4.69, 9.17) is 14.2 Å². The second-order valence-corrected chi connectivity index (χ2v) is 9.18. The third-order valence-corrected chi connectivity index (χ3v) is 5.71. The van der Waals surface area contributed by atoms with Crippen molar-refractivity contribution >= 4 is 11.9 Å². The fourth-order valence-corrected chi connectivity index (χ4v) is 3.78. The molecule has 0 aliphatic carbocycles. The van der Waals surface area contributed by atoms with E-state index in [1.807, 2.05) is 6.07 Å². The number of carboxylic acids is 1. The van der Waals surface area contributed by atoms with Crippen molar-refractivity contribution in [2.24, 2.45) is 0 Å². The van der Waals surface area contributed by atoms with E-state index in [-0.39, 0.29) is 23.8 Å². The van der Waals surface area contributed by atoms with Crippen LogP contribution in [0.25, 0.3) is 0 Å². The number of carbonyl (C=O) groups excluding carboxylic acids is 2. The molecule has 0 aromatic heterocycles. The molecule has 3 N–H and O–H groups in total. The zero-order chi connectivity index (χ0) is 26.1. The molecule has 0 saturated carbocycles. The van der Waals surface area contributed by atoms with Gasteiger partial charge >= 0.3 is 5.97 Å². The highest BCUT2D eigenvalue weighted by molar-refractivity contribution is 6.01. The van der Waals surface area contributed by atoms with Gasteiger partial charge in [-0.05, 0) is 32.4 Å². The van der Waals surface area contributed by atoms with Gasteiger partial charge in [0.2, 0.25) is 0 Å². The van der Waals surface area contributed by atoms with Crippen molar-refractivity contribution in [1.29, 1.82) is 0 Å². The molecule has 0 radical (unpaired) electrons. The average Bonchev–Trinajstić information content (AvgIpc) is 3.23. The minimum absolute atomic E-state index is 0.00362. The summed E-state index contributed by atoms with van der Waals surface area (Å²) < 4.78 is 15.9. The van der Waals surface area contributed by atoms with Crippen LogP contribution in [0.3, 0.4) is 0 Å². The van der Waals surface area contributed by atoms with Crippen LogP contribution >= 0.6 is 0 Å². The number of ether oxygens (including phenoxy) is 3. The van der Waals surface area contributed by atoms with Crippen molar-refractivity contribution < 1.29 is 34.6 Å². The number of esters is 1. The Hall–Kier alpha value is -3.52. The number of hydrogen-bond acceptors (Lipinski definition) is 6. The lowest BCUT2D eigenvalue weighted by molar-refractivity contribution is -0.426. The van der Waals surface area contributed by atoms with Crippen LogP contribution in [0, 0.1) is 6.92 Å². The van der Waals surface area contributed by atoms with Crippen LogP contribution in [-0.2, 0) is 20.6 Å². The summed E-state index contributed by atoms with van der Waals surface area (Å²) in [7, 11) is 0. The van der Waals surface area contributed by atoms with E-state index in [0.717, 1.165) is 6.42 Å². The lowest BCUT2D eigenvalue weighted by atomic mass is 9.99. The van der Waals surface area contributed by atoms with E-state index in [1.165, 1.54) is 34.9 Å². The zero-order valence-electron chi connectivity index (χ0n) is 20.9. The number of carbonyl (C=O) groups is 2. The molecule has 1 aliphatic rings. The third-order valence-electron chi connectivity index (χ3n) is 5.71. The van der Waals surface area contributed by atoms with Gasteiger partial charge in [0, 0.05) is 17.5 Å². The first-order valence-corrected chi connectivity index (χ1v) is 11.9. The highest BCUT2D eigenvalue weighted by Gasteiger charge is 2.33. The molecule has 7 nitrogen and oxygen atoms in total. The topological polar surface area (TPSA) is 113 Å². The largest absolute Gasteiger partial charge is 0.545 e. The Morgan fingerprint density at radius 2 is 1.61 bits per heavy atom. The van der Waals surface area contributed by atoms with E-state index in [2.05, 4.69) is 61.2 Å². The molecule has 0 amide bonds. The first-order valence-electron chi connectivity index (χ1n) is 11.9. The summed E-state index contributed by atoms with van der Waals surface area (Å²) >= 11 is 0. The maximum absolute atomic E-state index is 11.9. The predicted octanol–water partition coefficient (Wildman–Crippen LogP) is 2.88. The average molecular weight is 492 g/mol. The van der Waals surface area contributed by atoms with Gasteiger partial charge in [0.15, 0.2) is 5.79 Å². The van der Waals surface area contributed by atoms with Crippen molar-refractivity contribution in [2.75, 3.05) is 13.2 Å². The highest BCUT2D eigenvalue weighted by atomic mass is 16.7. The van der Waals surface area contributed by atoms with Crippen molar-refractivity contribution in [1.82, 2.24) is 0 Å². The van der Waals surface area contributed by atoms with E-state index in [0.29, 0.717) is 12.6 Å². The molecule has 3 aromatic rings. The Balaban J connectivity index is 0.000000205. The van der Waals surface area contributed by atoms with Gasteiger partial charge in [0.05, 0.1) is 18.1 Å². The number of aromatic carboxylic acids is 1. The fourth-order valence-electron chi connectivity index (χ4n) is 3.78. The molecule has 1 aliphatic heterocycles. The molecule has 1 fully saturated rings. The quantitative estimate of drug-likeness (QED) is 0.509. The Morgan fingerprint density at radius 1 is 1.00 bits per heavy atom. The molecule has 4 rings (SSSR count). The fraction of sp³-hybridized carbons (Fsp3) is 0.310. The first-order chi connectivity index (χ1) is 17.1. The maximum atomic E-state index is 11.9. The second-order valence-electron chi connectivity index (χ2n) is 9.18. The Labute approximate surface area is 211 Å². The summed E-state index contributed by atoms with van der Waals surface area (Å²) in [5.41, 5.74) is 7.97. The van der Waals surface area contributed by atoms with Gasteiger partial charge in [-0.2, -0.15) is 0 Å². The molecule has 7 heteroatoms. The third kappa shape index (κ3) is 8.02. The van der Waals surface area contributed by atoms with Crippen molar-refractivity contribution in [2.45, 2.75) is 45.1 Å². The number of aryl methyl sites for hydroxylation is 1. The first kappa shape index (κ1) is 27.1. The maximum Gasteiger partial charge on any atom is 0.338 e. The van der Waals surface area contributed by atoms with Gasteiger partial charge < -0.3 is 29.8 Å². The summed E-state index contributed by atoms with van der Waals surface area (Å²) in [6.45, 7) is 5.97. The van der Waals surface area contributed by atoms with Crippen LogP contribution < -0.4 is 10.8 Å². The molecule has 36 heavy (non-hydrogen) atoms. The van der Waals surface area contributed by atoms with Gasteiger partial charge in [0.1, 0.15) is 18.8 Å². The van der Waals surface area contributed by atoms with Crippen molar-refractivity contribution in [3.8, 4) is 0 Å². The minimum Gasteiger partial charge on any atom is -0.545 e. The molecule has 1 heterocycles. The van der Waals surface area contributed by atoms with Gasteiger partial charge in [-0.3, -0.25) is 0 Å². The number of rotatable bonds is 7. The second kappa shape index (κ2) is 12.4. The van der Waals surface area contributed by atoms with Crippen molar-refractivity contribution in [3.63, 3.8) is 0 Å². The van der Waals surface area contributed by atoms with Gasteiger partial charge in [-0.1, -0.05) is 78.4 Å². The van der Waals surface area contributed by atoms with Gasteiger partial charge in [-0.15, -0.1) is 0 Å². The van der Waals surface area contributed by atoms with Crippen LogP contribution in [0.5, 0.6) is 0 Å². The summed E-state index contributed by atoms with van der Waals surface area (Å²) in [5, 5.41) is 10.9. The zero-order valence-corrected chi connectivity index (χ0v) is 20.9. The van der Waals surface area contributed by atoms with Gasteiger partial charge in [0.25, 0.3) is 0 Å². The van der Waals surface area contributed by atoms with Crippen LogP contribution in [-0.4, -0.2) is 37.0 Å². The number of benzene rings is 3. The van der Waals surface area contributed by atoms with E-state index in [1.54, 1.807) is 19.9 Å². The van der Waals surface area contributed by atoms with Crippen LogP contribution in [0.4, 0.5) is 0 Å². The summed E-state index contributed by atoms with van der Waals surface area (Å²) in [4.78, 5) is 22.8. The summed E-state index contributed by atoms with van der Waals surface area (Å²) in [6, 6.07) is 25.3. The molecule has 2 atom stereocenters. The highest BCUT2D eigenvalue weighted by Crippen LogP contribution is 2.22. The molecule has 0 unspecified atom stereocenters. The molecule has 1 saturated heterocycles. The minimum atomic E-state index is -1.42. The summed E-state index contributed by atoms with van der Waals surface area (Å²) in [6.07, 6.45) is 0.647. The van der Waals surface area contributed by atoms with E-state index in [9.17, 15) is 14.7 Å². The Kier molecular flexibility index (Phi) is 9.36. The van der Waals surface area contributed by atoms with Crippen LogP contribution in [0.15, 0.2) is 78.9 Å². The molecule has 0 bridgehead atoms. The molecule has 0 spiro atoms.